The van der Waals surface area contributed by atoms with Gasteiger partial charge in [0, 0.05) is 44.9 Å². The summed E-state index contributed by atoms with van der Waals surface area (Å²) in [5.74, 6) is -0.0368. The summed E-state index contributed by atoms with van der Waals surface area (Å²) in [4.78, 5) is 24.6. The fourth-order valence-electron chi connectivity index (χ4n) is 2.62. The molecule has 2 rings (SSSR count). The second kappa shape index (κ2) is 6.64. The Morgan fingerprint density at radius 2 is 2.33 bits per heavy atom. The van der Waals surface area contributed by atoms with E-state index in [4.69, 9.17) is 0 Å². The van der Waals surface area contributed by atoms with E-state index in [0.717, 1.165) is 18.7 Å². The van der Waals surface area contributed by atoms with E-state index in [0.29, 0.717) is 18.7 Å². The van der Waals surface area contributed by atoms with Crippen LogP contribution in [0.15, 0.2) is 18.2 Å². The molecule has 0 radical (unpaired) electrons. The van der Waals surface area contributed by atoms with Gasteiger partial charge in [0.2, 0.25) is 5.91 Å². The van der Waals surface area contributed by atoms with Gasteiger partial charge >= 0.3 is 0 Å². The number of nitrogens with zero attached hydrogens (tertiary/aromatic N) is 2. The maximum absolute atomic E-state index is 11.9. The molecule has 0 saturated carbocycles. The maximum atomic E-state index is 11.9. The van der Waals surface area contributed by atoms with Gasteiger partial charge in [-0.1, -0.05) is 12.1 Å². The van der Waals surface area contributed by atoms with Crippen molar-refractivity contribution in [1.82, 2.24) is 15.5 Å². The molecular weight excluding hydrogens is 272 g/mol. The minimum absolute atomic E-state index is 0.0368. The second-order valence-corrected chi connectivity index (χ2v) is 5.12. The Kier molecular flexibility index (Phi) is 4.87. The molecule has 7 nitrogen and oxygen atoms in total. The molecule has 7 heteroatoms. The highest BCUT2D eigenvalue weighted by Gasteiger charge is 2.28. The maximum Gasteiger partial charge on any atom is 0.272 e. The largest absolute Gasteiger partial charge is 0.358 e. The summed E-state index contributed by atoms with van der Waals surface area (Å²) in [6, 6.07) is 4.83. The van der Waals surface area contributed by atoms with E-state index in [1.807, 2.05) is 6.07 Å². The first-order valence-electron chi connectivity index (χ1n) is 6.94. The normalized spacial score (nSPS) is 19.2. The molecular formula is C14H20N4O3. The molecule has 21 heavy (non-hydrogen) atoms. The Labute approximate surface area is 123 Å². The number of amides is 1. The van der Waals surface area contributed by atoms with Gasteiger partial charge in [0.15, 0.2) is 0 Å². The molecule has 1 aromatic rings. The lowest BCUT2D eigenvalue weighted by Crippen LogP contribution is -2.56. The summed E-state index contributed by atoms with van der Waals surface area (Å²) in [6.07, 6.45) is 0. The van der Waals surface area contributed by atoms with E-state index in [1.165, 1.54) is 6.07 Å². The van der Waals surface area contributed by atoms with E-state index in [1.54, 1.807) is 20.0 Å². The van der Waals surface area contributed by atoms with Gasteiger partial charge in [-0.25, -0.2) is 0 Å². The van der Waals surface area contributed by atoms with Crippen molar-refractivity contribution in [1.29, 1.82) is 0 Å². The Balaban J connectivity index is 2.21. The second-order valence-electron chi connectivity index (χ2n) is 5.12. The van der Waals surface area contributed by atoms with E-state index < -0.39 is 0 Å². The minimum Gasteiger partial charge on any atom is -0.358 e. The summed E-state index contributed by atoms with van der Waals surface area (Å²) in [5.41, 5.74) is 1.68. The molecule has 114 valence electrons. The van der Waals surface area contributed by atoms with E-state index >= 15 is 0 Å². The van der Waals surface area contributed by atoms with Crippen molar-refractivity contribution in [2.45, 2.75) is 19.5 Å². The van der Waals surface area contributed by atoms with Crippen LogP contribution in [0.1, 0.15) is 11.1 Å². The van der Waals surface area contributed by atoms with Crippen molar-refractivity contribution in [2.24, 2.45) is 0 Å². The molecule has 1 aliphatic rings. The van der Waals surface area contributed by atoms with Crippen LogP contribution in [-0.2, 0) is 11.3 Å². The number of likely N-dealkylation sites (N-methyl/N-ethyl adjacent to an activating group) is 1. The van der Waals surface area contributed by atoms with Gasteiger partial charge in [0.25, 0.3) is 5.69 Å². The average molecular weight is 292 g/mol. The summed E-state index contributed by atoms with van der Waals surface area (Å²) < 4.78 is 0. The molecule has 0 spiro atoms. The van der Waals surface area contributed by atoms with Crippen molar-refractivity contribution in [3.05, 3.63) is 39.4 Å². The lowest BCUT2D eigenvalue weighted by molar-refractivity contribution is -0.385. The molecule has 1 amide bonds. The number of carbonyl (C=O) groups excluding carboxylic acids is 1. The smallest absolute Gasteiger partial charge is 0.272 e. The van der Waals surface area contributed by atoms with Crippen molar-refractivity contribution in [3.63, 3.8) is 0 Å². The van der Waals surface area contributed by atoms with Gasteiger partial charge < -0.3 is 10.6 Å². The van der Waals surface area contributed by atoms with Crippen LogP contribution in [0.4, 0.5) is 5.69 Å². The van der Waals surface area contributed by atoms with Crippen molar-refractivity contribution >= 4 is 11.6 Å². The van der Waals surface area contributed by atoms with Gasteiger partial charge in [-0.3, -0.25) is 19.8 Å². The highest BCUT2D eigenvalue weighted by atomic mass is 16.6. The first-order valence-corrected chi connectivity index (χ1v) is 6.94. The van der Waals surface area contributed by atoms with Crippen molar-refractivity contribution in [2.75, 3.05) is 26.7 Å². The fraction of sp³-hybridized carbons (Fsp3) is 0.500. The molecule has 1 heterocycles. The average Bonchev–Trinajstić information content (AvgIpc) is 2.49. The molecule has 1 saturated heterocycles. The Morgan fingerprint density at radius 3 is 3.00 bits per heavy atom. The number of hydrogen-bond donors (Lipinski definition) is 2. The predicted octanol–water partition coefficient (Wildman–Crippen LogP) is 0.423. The Hall–Kier alpha value is -1.99. The lowest BCUT2D eigenvalue weighted by atomic mass is 10.0. The molecule has 1 unspecified atom stereocenters. The molecule has 1 atom stereocenters. The molecule has 0 bridgehead atoms. The first kappa shape index (κ1) is 15.4. The first-order chi connectivity index (χ1) is 10.0. The van der Waals surface area contributed by atoms with Crippen LogP contribution in [-0.4, -0.2) is 48.5 Å². The Morgan fingerprint density at radius 1 is 1.57 bits per heavy atom. The van der Waals surface area contributed by atoms with Crippen LogP contribution in [0.5, 0.6) is 0 Å². The number of hydrogen-bond acceptors (Lipinski definition) is 5. The van der Waals surface area contributed by atoms with E-state index in [9.17, 15) is 14.9 Å². The SMILES string of the molecule is CNC(=O)C1CNCCN1Cc1cccc([N+](=O)[O-])c1C. The van der Waals surface area contributed by atoms with Crippen LogP contribution in [0.3, 0.4) is 0 Å². The number of nitrogens with one attached hydrogen (secondary N) is 2. The van der Waals surface area contributed by atoms with Gasteiger partial charge in [0.05, 0.1) is 4.92 Å². The van der Waals surface area contributed by atoms with Crippen LogP contribution < -0.4 is 10.6 Å². The third-order valence-corrected chi connectivity index (χ3v) is 3.89. The molecule has 0 aliphatic carbocycles. The zero-order valence-electron chi connectivity index (χ0n) is 12.3. The highest BCUT2D eigenvalue weighted by molar-refractivity contribution is 5.81. The number of rotatable bonds is 4. The van der Waals surface area contributed by atoms with Crippen LogP contribution in [0, 0.1) is 17.0 Å². The summed E-state index contributed by atoms with van der Waals surface area (Å²) in [7, 11) is 1.62. The molecule has 1 fully saturated rings. The highest BCUT2D eigenvalue weighted by Crippen LogP contribution is 2.23. The van der Waals surface area contributed by atoms with Gasteiger partial charge in [-0.2, -0.15) is 0 Å². The molecule has 1 aliphatic heterocycles. The van der Waals surface area contributed by atoms with E-state index in [2.05, 4.69) is 15.5 Å². The third kappa shape index (κ3) is 3.37. The number of nitro benzene ring substituents is 1. The summed E-state index contributed by atoms with van der Waals surface area (Å²) in [5, 5.41) is 16.9. The molecule has 2 N–H and O–H groups in total. The van der Waals surface area contributed by atoms with Crippen molar-refractivity contribution < 1.29 is 9.72 Å². The molecule has 1 aromatic carbocycles. The van der Waals surface area contributed by atoms with Crippen LogP contribution in [0.25, 0.3) is 0 Å². The number of nitro groups is 1. The van der Waals surface area contributed by atoms with Crippen LogP contribution in [0.2, 0.25) is 0 Å². The van der Waals surface area contributed by atoms with Crippen LogP contribution >= 0.6 is 0 Å². The number of piperazine rings is 1. The minimum atomic E-state index is -0.368. The third-order valence-electron chi connectivity index (χ3n) is 3.89. The number of benzene rings is 1. The molecule has 0 aromatic heterocycles. The quantitative estimate of drug-likeness (QED) is 0.620. The topological polar surface area (TPSA) is 87.5 Å². The van der Waals surface area contributed by atoms with Crippen molar-refractivity contribution in [3.8, 4) is 0 Å². The van der Waals surface area contributed by atoms with Gasteiger partial charge in [0.1, 0.15) is 6.04 Å². The Bertz CT molecular complexity index is 547. The van der Waals surface area contributed by atoms with E-state index in [-0.39, 0.29) is 22.6 Å². The summed E-state index contributed by atoms with van der Waals surface area (Å²) >= 11 is 0. The number of carbonyl (C=O) groups is 1. The monoisotopic (exact) mass is 292 g/mol. The fourth-order valence-corrected chi connectivity index (χ4v) is 2.62. The standard InChI is InChI=1S/C14H20N4O3/c1-10-11(4-3-5-12(10)18(20)21)9-17-7-6-16-8-13(17)14(19)15-2/h3-5,13,16H,6-9H2,1-2H3,(H,15,19). The summed E-state index contributed by atoms with van der Waals surface area (Å²) in [6.45, 7) is 4.42. The van der Waals surface area contributed by atoms with Gasteiger partial charge in [-0.05, 0) is 12.5 Å². The predicted molar refractivity (Wildman–Crippen MR) is 79.0 cm³/mol. The zero-order valence-corrected chi connectivity index (χ0v) is 12.3. The van der Waals surface area contributed by atoms with Gasteiger partial charge in [-0.15, -0.1) is 0 Å². The zero-order chi connectivity index (χ0) is 15.4. The lowest BCUT2D eigenvalue weighted by Gasteiger charge is -2.35.